The third kappa shape index (κ3) is 3.09. The number of ether oxygens (including phenoxy) is 1. The quantitative estimate of drug-likeness (QED) is 0.663. The van der Waals surface area contributed by atoms with Gasteiger partial charge in [0.15, 0.2) is 0 Å². The number of anilines is 2. The molecule has 16 heavy (non-hydrogen) atoms. The van der Waals surface area contributed by atoms with Crippen LogP contribution in [0.1, 0.15) is 17.3 Å². The number of nitrogens with zero attached hydrogens (tertiary/aromatic N) is 1. The Morgan fingerprint density at radius 3 is 2.94 bits per heavy atom. The van der Waals surface area contributed by atoms with Crippen LogP contribution in [0.15, 0.2) is 12.3 Å². The van der Waals surface area contributed by atoms with Crippen LogP contribution in [0.3, 0.4) is 0 Å². The molecule has 1 heterocycles. The summed E-state index contributed by atoms with van der Waals surface area (Å²) in [6, 6.07) is 1.62. The molecule has 88 valence electrons. The van der Waals surface area contributed by atoms with Gasteiger partial charge in [-0.3, -0.25) is 4.79 Å². The number of amides is 1. The minimum absolute atomic E-state index is 0.0850. The van der Waals surface area contributed by atoms with Crippen LogP contribution in [-0.4, -0.2) is 30.6 Å². The Balaban J connectivity index is 2.82. The predicted molar refractivity (Wildman–Crippen MR) is 62.1 cm³/mol. The first-order chi connectivity index (χ1) is 7.54. The molecule has 0 saturated carbocycles. The molecule has 0 aromatic carbocycles. The fraction of sp³-hybridized carbons (Fsp3) is 0.400. The number of hydrogen-bond acceptors (Lipinski definition) is 5. The van der Waals surface area contributed by atoms with Gasteiger partial charge >= 0.3 is 0 Å². The first kappa shape index (κ1) is 12.3. The third-order valence-electron chi connectivity index (χ3n) is 2.01. The minimum atomic E-state index is -0.567. The minimum Gasteiger partial charge on any atom is -0.397 e. The summed E-state index contributed by atoms with van der Waals surface area (Å²) in [5, 5.41) is 3.07. The molecule has 0 saturated heterocycles. The number of methoxy groups -OCH3 is 1. The van der Waals surface area contributed by atoms with Crippen molar-refractivity contribution >= 4 is 17.4 Å². The fourth-order valence-electron chi connectivity index (χ4n) is 1.30. The van der Waals surface area contributed by atoms with Crippen LogP contribution in [0.25, 0.3) is 0 Å². The number of carbonyl (C=O) groups is 1. The van der Waals surface area contributed by atoms with Crippen LogP contribution >= 0.6 is 0 Å². The van der Waals surface area contributed by atoms with Crippen LogP contribution in [-0.2, 0) is 4.74 Å². The van der Waals surface area contributed by atoms with Crippen LogP contribution in [0.2, 0.25) is 0 Å². The molecular formula is C10H16N4O2. The van der Waals surface area contributed by atoms with Crippen molar-refractivity contribution in [3.63, 3.8) is 0 Å². The maximum atomic E-state index is 11.0. The summed E-state index contributed by atoms with van der Waals surface area (Å²) in [5.74, 6) is -0.0186. The van der Waals surface area contributed by atoms with E-state index in [1.54, 1.807) is 7.11 Å². The number of hydrogen-bond donors (Lipinski definition) is 3. The van der Waals surface area contributed by atoms with Crippen molar-refractivity contribution in [3.05, 3.63) is 17.8 Å². The van der Waals surface area contributed by atoms with E-state index in [4.69, 9.17) is 16.2 Å². The smallest absolute Gasteiger partial charge is 0.250 e. The lowest BCUT2D eigenvalue weighted by atomic mass is 10.2. The molecule has 0 radical (unpaired) electrons. The summed E-state index contributed by atoms with van der Waals surface area (Å²) in [7, 11) is 1.61. The number of pyridine rings is 1. The number of aromatic nitrogens is 1. The van der Waals surface area contributed by atoms with E-state index in [1.165, 1.54) is 12.3 Å². The maximum Gasteiger partial charge on any atom is 0.250 e. The van der Waals surface area contributed by atoms with Gasteiger partial charge in [-0.05, 0) is 13.0 Å². The average molecular weight is 224 g/mol. The van der Waals surface area contributed by atoms with Crippen LogP contribution in [0, 0.1) is 0 Å². The zero-order valence-corrected chi connectivity index (χ0v) is 9.36. The summed E-state index contributed by atoms with van der Waals surface area (Å²) in [5.41, 5.74) is 11.3. The Kier molecular flexibility index (Phi) is 4.07. The van der Waals surface area contributed by atoms with Crippen molar-refractivity contribution in [1.29, 1.82) is 0 Å². The molecule has 0 aliphatic rings. The first-order valence-electron chi connectivity index (χ1n) is 4.85. The molecule has 1 amide bonds. The summed E-state index contributed by atoms with van der Waals surface area (Å²) in [6.45, 7) is 2.48. The van der Waals surface area contributed by atoms with Gasteiger partial charge in [-0.15, -0.1) is 0 Å². The lowest BCUT2D eigenvalue weighted by molar-refractivity contribution is 0.100. The molecule has 1 aromatic heterocycles. The average Bonchev–Trinajstić information content (AvgIpc) is 2.21. The van der Waals surface area contributed by atoms with E-state index in [2.05, 4.69) is 10.3 Å². The predicted octanol–water partition coefficient (Wildman–Crippen LogP) is 0.209. The molecule has 1 rings (SSSR count). The van der Waals surface area contributed by atoms with Gasteiger partial charge < -0.3 is 21.5 Å². The summed E-state index contributed by atoms with van der Waals surface area (Å²) >= 11 is 0. The number of carbonyl (C=O) groups excluding carboxylic acids is 1. The summed E-state index contributed by atoms with van der Waals surface area (Å²) < 4.78 is 4.97. The largest absolute Gasteiger partial charge is 0.397 e. The number of nitrogen functional groups attached to an aromatic ring is 1. The number of nitrogens with one attached hydrogen (secondary N) is 1. The van der Waals surface area contributed by atoms with Crippen molar-refractivity contribution in [2.45, 2.75) is 13.0 Å². The third-order valence-corrected chi connectivity index (χ3v) is 2.01. The lowest BCUT2D eigenvalue weighted by Gasteiger charge is -2.14. The Hall–Kier alpha value is -1.82. The number of nitrogens with two attached hydrogens (primary N) is 2. The van der Waals surface area contributed by atoms with E-state index in [0.29, 0.717) is 12.4 Å². The zero-order valence-electron chi connectivity index (χ0n) is 9.36. The Morgan fingerprint density at radius 1 is 1.69 bits per heavy atom. The van der Waals surface area contributed by atoms with E-state index >= 15 is 0 Å². The highest BCUT2D eigenvalue weighted by atomic mass is 16.5. The molecule has 1 unspecified atom stereocenters. The van der Waals surface area contributed by atoms with Gasteiger partial charge in [0, 0.05) is 13.2 Å². The topological polar surface area (TPSA) is 103 Å². The summed E-state index contributed by atoms with van der Waals surface area (Å²) in [4.78, 5) is 15.1. The molecule has 0 aliphatic carbocycles. The monoisotopic (exact) mass is 224 g/mol. The van der Waals surface area contributed by atoms with Crippen molar-refractivity contribution in [2.75, 3.05) is 24.8 Å². The molecule has 0 fully saturated rings. The zero-order chi connectivity index (χ0) is 12.1. The van der Waals surface area contributed by atoms with Gasteiger partial charge in [0.05, 0.1) is 24.1 Å². The second-order valence-corrected chi connectivity index (χ2v) is 3.52. The van der Waals surface area contributed by atoms with Crippen molar-refractivity contribution < 1.29 is 9.53 Å². The van der Waals surface area contributed by atoms with Crippen LogP contribution < -0.4 is 16.8 Å². The Morgan fingerprint density at radius 2 is 2.38 bits per heavy atom. The van der Waals surface area contributed by atoms with E-state index in [9.17, 15) is 4.79 Å². The highest BCUT2D eigenvalue weighted by Gasteiger charge is 2.09. The highest BCUT2D eigenvalue weighted by molar-refractivity contribution is 5.98. The molecule has 5 N–H and O–H groups in total. The van der Waals surface area contributed by atoms with Crippen LogP contribution in [0.5, 0.6) is 0 Å². The van der Waals surface area contributed by atoms with Gasteiger partial charge in [-0.25, -0.2) is 4.98 Å². The van der Waals surface area contributed by atoms with Gasteiger partial charge in [0.1, 0.15) is 5.82 Å². The maximum absolute atomic E-state index is 11.0. The van der Waals surface area contributed by atoms with Gasteiger partial charge in [-0.1, -0.05) is 0 Å². The van der Waals surface area contributed by atoms with E-state index in [1.807, 2.05) is 6.92 Å². The van der Waals surface area contributed by atoms with Crippen molar-refractivity contribution in [1.82, 2.24) is 4.98 Å². The lowest BCUT2D eigenvalue weighted by Crippen LogP contribution is -2.22. The molecule has 0 aliphatic heterocycles. The van der Waals surface area contributed by atoms with E-state index in [-0.39, 0.29) is 17.3 Å². The molecule has 1 atom stereocenters. The van der Waals surface area contributed by atoms with Gasteiger partial charge in [-0.2, -0.15) is 0 Å². The SMILES string of the molecule is COCC(C)Nc1cc(C(N)=O)c(N)cn1. The standard InChI is InChI=1S/C10H16N4O2/c1-6(5-16-2)14-9-3-7(10(12)15)8(11)4-13-9/h3-4,6H,5,11H2,1-2H3,(H2,12,15)(H,13,14). The second-order valence-electron chi connectivity index (χ2n) is 3.52. The molecule has 6 nitrogen and oxygen atoms in total. The van der Waals surface area contributed by atoms with E-state index in [0.717, 1.165) is 0 Å². The molecule has 0 spiro atoms. The van der Waals surface area contributed by atoms with Crippen LogP contribution in [0.4, 0.5) is 11.5 Å². The van der Waals surface area contributed by atoms with Crippen molar-refractivity contribution in [3.8, 4) is 0 Å². The second kappa shape index (κ2) is 5.32. The van der Waals surface area contributed by atoms with Gasteiger partial charge in [0.25, 0.3) is 5.91 Å². The number of primary amides is 1. The molecule has 1 aromatic rings. The van der Waals surface area contributed by atoms with Crippen molar-refractivity contribution in [2.24, 2.45) is 5.73 Å². The van der Waals surface area contributed by atoms with Gasteiger partial charge in [0.2, 0.25) is 0 Å². The molecular weight excluding hydrogens is 208 g/mol. The summed E-state index contributed by atoms with van der Waals surface area (Å²) in [6.07, 6.45) is 1.40. The normalized spacial score (nSPS) is 12.1. The fourth-order valence-corrected chi connectivity index (χ4v) is 1.30. The molecule has 6 heteroatoms. The highest BCUT2D eigenvalue weighted by Crippen LogP contribution is 2.14. The Bertz CT molecular complexity index is 381. The first-order valence-corrected chi connectivity index (χ1v) is 4.85. The Labute approximate surface area is 94.0 Å². The van der Waals surface area contributed by atoms with E-state index < -0.39 is 5.91 Å². The molecule has 0 bridgehead atoms. The number of rotatable bonds is 5.